The fourth-order valence-electron chi connectivity index (χ4n) is 2.00. The molecule has 116 valence electrons. The monoisotopic (exact) mass is 381 g/mol. The summed E-state index contributed by atoms with van der Waals surface area (Å²) in [5, 5.41) is 3.49. The quantitative estimate of drug-likeness (QED) is 0.796. The molecule has 0 aliphatic heterocycles. The number of aryl methyl sites for hydroxylation is 2. The molecule has 5 heteroatoms. The lowest BCUT2D eigenvalue weighted by Crippen LogP contribution is -2.30. The first-order valence-electron chi connectivity index (χ1n) is 6.86. The van der Waals surface area contributed by atoms with E-state index >= 15 is 0 Å². The molecule has 0 radical (unpaired) electrons. The maximum atomic E-state index is 12.3. The Labute approximate surface area is 143 Å². The van der Waals surface area contributed by atoms with Crippen molar-refractivity contribution >= 4 is 39.1 Å². The molecule has 0 saturated carbocycles. The Kier molecular flexibility index (Phi) is 5.48. The van der Waals surface area contributed by atoms with Crippen LogP contribution in [0.3, 0.4) is 0 Å². The standard InChI is InChI=1S/C17H17BrClNO2/c1-10-4-6-15(11(2)8-10)20-17(21)12(3)22-16-7-5-13(19)9-14(16)18/h4-9,12H,1-3H3,(H,20,21)/t12-/m0/s1. The predicted octanol–water partition coefficient (Wildman–Crippen LogP) is 5.13. The van der Waals surface area contributed by atoms with Gasteiger partial charge in [-0.3, -0.25) is 4.79 Å². The average molecular weight is 383 g/mol. The van der Waals surface area contributed by atoms with E-state index in [0.29, 0.717) is 15.2 Å². The zero-order chi connectivity index (χ0) is 16.3. The van der Waals surface area contributed by atoms with Gasteiger partial charge in [0, 0.05) is 10.7 Å². The zero-order valence-corrected chi connectivity index (χ0v) is 15.0. The van der Waals surface area contributed by atoms with Crippen LogP contribution in [-0.2, 0) is 4.79 Å². The number of carbonyl (C=O) groups excluding carboxylic acids is 1. The van der Waals surface area contributed by atoms with Gasteiger partial charge in [0.25, 0.3) is 5.91 Å². The first kappa shape index (κ1) is 16.8. The SMILES string of the molecule is Cc1ccc(NC(=O)[C@H](C)Oc2ccc(Cl)cc2Br)c(C)c1. The number of nitrogens with one attached hydrogen (secondary N) is 1. The summed E-state index contributed by atoms with van der Waals surface area (Å²) in [7, 11) is 0. The summed E-state index contributed by atoms with van der Waals surface area (Å²) in [6.45, 7) is 5.69. The van der Waals surface area contributed by atoms with Gasteiger partial charge in [0.1, 0.15) is 5.75 Å². The van der Waals surface area contributed by atoms with E-state index in [1.807, 2.05) is 32.0 Å². The first-order valence-corrected chi connectivity index (χ1v) is 8.03. The Hall–Kier alpha value is -1.52. The molecule has 0 saturated heterocycles. The highest BCUT2D eigenvalue weighted by molar-refractivity contribution is 9.10. The molecular weight excluding hydrogens is 366 g/mol. The molecule has 0 unspecified atom stereocenters. The van der Waals surface area contributed by atoms with Crippen LogP contribution in [0.2, 0.25) is 5.02 Å². The summed E-state index contributed by atoms with van der Waals surface area (Å²) in [4.78, 5) is 12.3. The largest absolute Gasteiger partial charge is 0.480 e. The molecule has 2 aromatic carbocycles. The van der Waals surface area contributed by atoms with E-state index in [0.717, 1.165) is 16.8 Å². The first-order chi connectivity index (χ1) is 10.4. The number of rotatable bonds is 4. The topological polar surface area (TPSA) is 38.3 Å². The van der Waals surface area contributed by atoms with Gasteiger partial charge in [0.2, 0.25) is 0 Å². The zero-order valence-electron chi connectivity index (χ0n) is 12.6. The van der Waals surface area contributed by atoms with Crippen LogP contribution >= 0.6 is 27.5 Å². The Morgan fingerprint density at radius 1 is 1.23 bits per heavy atom. The van der Waals surface area contributed by atoms with Crippen molar-refractivity contribution in [3.63, 3.8) is 0 Å². The van der Waals surface area contributed by atoms with Crippen LogP contribution in [0, 0.1) is 13.8 Å². The van der Waals surface area contributed by atoms with Crippen LogP contribution in [0.4, 0.5) is 5.69 Å². The van der Waals surface area contributed by atoms with Crippen LogP contribution in [-0.4, -0.2) is 12.0 Å². The maximum absolute atomic E-state index is 12.3. The molecule has 0 spiro atoms. The van der Waals surface area contributed by atoms with E-state index in [9.17, 15) is 4.79 Å². The minimum Gasteiger partial charge on any atom is -0.480 e. The number of hydrogen-bond acceptors (Lipinski definition) is 2. The number of benzene rings is 2. The normalized spacial score (nSPS) is 11.9. The molecule has 0 aromatic heterocycles. The minimum atomic E-state index is -0.627. The van der Waals surface area contributed by atoms with Crippen molar-refractivity contribution < 1.29 is 9.53 Å². The van der Waals surface area contributed by atoms with E-state index < -0.39 is 6.10 Å². The van der Waals surface area contributed by atoms with Gasteiger partial charge in [-0.25, -0.2) is 0 Å². The maximum Gasteiger partial charge on any atom is 0.265 e. The Bertz CT molecular complexity index is 703. The molecule has 0 fully saturated rings. The molecule has 1 N–H and O–H groups in total. The van der Waals surface area contributed by atoms with Gasteiger partial charge >= 0.3 is 0 Å². The number of halogens is 2. The van der Waals surface area contributed by atoms with E-state index in [2.05, 4.69) is 21.2 Å². The van der Waals surface area contributed by atoms with Gasteiger partial charge in [0.05, 0.1) is 4.47 Å². The van der Waals surface area contributed by atoms with Crippen molar-refractivity contribution in [1.29, 1.82) is 0 Å². The summed E-state index contributed by atoms with van der Waals surface area (Å²) in [5.74, 6) is 0.376. The van der Waals surface area contributed by atoms with Crippen LogP contribution in [0.5, 0.6) is 5.75 Å². The Morgan fingerprint density at radius 2 is 1.95 bits per heavy atom. The van der Waals surface area contributed by atoms with Crippen LogP contribution in [0.15, 0.2) is 40.9 Å². The van der Waals surface area contributed by atoms with Crippen LogP contribution in [0.1, 0.15) is 18.1 Å². The molecule has 0 heterocycles. The van der Waals surface area contributed by atoms with Crippen molar-refractivity contribution in [1.82, 2.24) is 0 Å². The molecule has 0 aliphatic rings. The van der Waals surface area contributed by atoms with Gasteiger partial charge in [-0.2, -0.15) is 0 Å². The second kappa shape index (κ2) is 7.16. The summed E-state index contributed by atoms with van der Waals surface area (Å²) in [6, 6.07) is 11.1. The molecule has 1 amide bonds. The van der Waals surface area contributed by atoms with Crippen molar-refractivity contribution in [3.05, 3.63) is 57.0 Å². The molecule has 0 aliphatic carbocycles. The number of anilines is 1. The second-order valence-electron chi connectivity index (χ2n) is 5.14. The highest BCUT2D eigenvalue weighted by atomic mass is 79.9. The van der Waals surface area contributed by atoms with Crippen molar-refractivity contribution in [2.24, 2.45) is 0 Å². The third kappa shape index (κ3) is 4.24. The summed E-state index contributed by atoms with van der Waals surface area (Å²) < 4.78 is 6.39. The smallest absolute Gasteiger partial charge is 0.265 e. The highest BCUT2D eigenvalue weighted by Crippen LogP contribution is 2.29. The van der Waals surface area contributed by atoms with Crippen LogP contribution < -0.4 is 10.1 Å². The fraction of sp³-hybridized carbons (Fsp3) is 0.235. The van der Waals surface area contributed by atoms with Crippen molar-refractivity contribution in [2.45, 2.75) is 26.9 Å². The highest BCUT2D eigenvalue weighted by Gasteiger charge is 2.17. The van der Waals surface area contributed by atoms with E-state index in [1.165, 1.54) is 0 Å². The van der Waals surface area contributed by atoms with Gasteiger partial charge in [-0.1, -0.05) is 29.3 Å². The number of amides is 1. The molecule has 2 aromatic rings. The third-order valence-corrected chi connectivity index (χ3v) is 4.06. The molecule has 22 heavy (non-hydrogen) atoms. The van der Waals surface area contributed by atoms with E-state index in [1.54, 1.807) is 25.1 Å². The van der Waals surface area contributed by atoms with Crippen LogP contribution in [0.25, 0.3) is 0 Å². The fourth-order valence-corrected chi connectivity index (χ4v) is 2.78. The second-order valence-corrected chi connectivity index (χ2v) is 6.43. The van der Waals surface area contributed by atoms with E-state index in [4.69, 9.17) is 16.3 Å². The van der Waals surface area contributed by atoms with Gasteiger partial charge in [-0.15, -0.1) is 0 Å². The van der Waals surface area contributed by atoms with Gasteiger partial charge in [0.15, 0.2) is 6.10 Å². The van der Waals surface area contributed by atoms with Crippen molar-refractivity contribution in [2.75, 3.05) is 5.32 Å². The summed E-state index contributed by atoms with van der Waals surface area (Å²) in [6.07, 6.45) is -0.627. The Balaban J connectivity index is 2.05. The van der Waals surface area contributed by atoms with Gasteiger partial charge in [-0.05, 0) is 66.5 Å². The molecule has 0 bridgehead atoms. The summed E-state index contributed by atoms with van der Waals surface area (Å²) >= 11 is 9.26. The lowest BCUT2D eigenvalue weighted by atomic mass is 10.1. The van der Waals surface area contributed by atoms with Gasteiger partial charge < -0.3 is 10.1 Å². The number of ether oxygens (including phenoxy) is 1. The van der Waals surface area contributed by atoms with Crippen molar-refractivity contribution in [3.8, 4) is 5.75 Å². The lowest BCUT2D eigenvalue weighted by Gasteiger charge is -2.17. The Morgan fingerprint density at radius 3 is 2.59 bits per heavy atom. The van der Waals surface area contributed by atoms with E-state index in [-0.39, 0.29) is 5.91 Å². The minimum absolute atomic E-state index is 0.200. The third-order valence-electron chi connectivity index (χ3n) is 3.21. The molecule has 2 rings (SSSR count). The number of hydrogen-bond donors (Lipinski definition) is 1. The lowest BCUT2D eigenvalue weighted by molar-refractivity contribution is -0.122. The average Bonchev–Trinajstić information content (AvgIpc) is 2.44. The molecule has 1 atom stereocenters. The number of carbonyl (C=O) groups is 1. The molecular formula is C17H17BrClNO2. The molecule has 3 nitrogen and oxygen atoms in total. The summed E-state index contributed by atoms with van der Waals surface area (Å²) in [5.41, 5.74) is 2.97. The predicted molar refractivity (Wildman–Crippen MR) is 93.8 cm³/mol.